The molecular formula is C14H8F4O2. The van der Waals surface area contributed by atoms with Gasteiger partial charge in [0.05, 0.1) is 11.1 Å². The molecule has 0 unspecified atom stereocenters. The van der Waals surface area contributed by atoms with Crippen LogP contribution in [-0.2, 0) is 6.18 Å². The summed E-state index contributed by atoms with van der Waals surface area (Å²) in [5.74, 6) is -2.43. The number of aromatic carboxylic acids is 1. The summed E-state index contributed by atoms with van der Waals surface area (Å²) in [5.41, 5.74) is -1.03. The molecule has 2 aromatic rings. The van der Waals surface area contributed by atoms with Crippen LogP contribution >= 0.6 is 0 Å². The van der Waals surface area contributed by atoms with Crippen LogP contribution in [0.5, 0.6) is 0 Å². The van der Waals surface area contributed by atoms with Crippen molar-refractivity contribution >= 4 is 5.97 Å². The van der Waals surface area contributed by atoms with Gasteiger partial charge in [0.2, 0.25) is 0 Å². The number of carbonyl (C=O) groups is 1. The maximum absolute atomic E-state index is 13.5. The first-order valence-corrected chi connectivity index (χ1v) is 5.49. The molecule has 2 rings (SSSR count). The van der Waals surface area contributed by atoms with Gasteiger partial charge in [-0.2, -0.15) is 13.2 Å². The van der Waals surface area contributed by atoms with Crippen molar-refractivity contribution in [1.29, 1.82) is 0 Å². The van der Waals surface area contributed by atoms with Crippen LogP contribution in [0.2, 0.25) is 0 Å². The highest BCUT2D eigenvalue weighted by atomic mass is 19.4. The summed E-state index contributed by atoms with van der Waals surface area (Å²) in [7, 11) is 0. The molecule has 0 spiro atoms. The Morgan fingerprint density at radius 3 is 2.20 bits per heavy atom. The van der Waals surface area contributed by atoms with Crippen molar-refractivity contribution in [2.45, 2.75) is 6.18 Å². The van der Waals surface area contributed by atoms with Crippen molar-refractivity contribution in [2.75, 3.05) is 0 Å². The number of carboxylic acid groups (broad SMARTS) is 1. The summed E-state index contributed by atoms with van der Waals surface area (Å²) in [4.78, 5) is 10.7. The molecule has 0 radical (unpaired) electrons. The average Bonchev–Trinajstić information content (AvgIpc) is 2.37. The predicted molar refractivity (Wildman–Crippen MR) is 63.8 cm³/mol. The number of hydrogen-bond donors (Lipinski definition) is 1. The molecule has 104 valence electrons. The van der Waals surface area contributed by atoms with Crippen molar-refractivity contribution < 1.29 is 27.5 Å². The Labute approximate surface area is 111 Å². The molecule has 0 heterocycles. The minimum Gasteiger partial charge on any atom is -0.478 e. The van der Waals surface area contributed by atoms with Crippen LogP contribution in [0.15, 0.2) is 42.5 Å². The third-order valence-electron chi connectivity index (χ3n) is 2.72. The normalized spacial score (nSPS) is 11.4. The van der Waals surface area contributed by atoms with Gasteiger partial charge in [0.1, 0.15) is 5.82 Å². The van der Waals surface area contributed by atoms with Crippen molar-refractivity contribution in [1.82, 2.24) is 0 Å². The highest BCUT2D eigenvalue weighted by molar-refractivity contribution is 5.88. The quantitative estimate of drug-likeness (QED) is 0.839. The standard InChI is InChI=1S/C14H8F4O2/c15-12-7-9(4-5-11(12)13(19)20)8-2-1-3-10(6-8)14(16,17)18/h1-7H,(H,19,20). The molecule has 0 aromatic heterocycles. The zero-order valence-electron chi connectivity index (χ0n) is 9.91. The molecule has 20 heavy (non-hydrogen) atoms. The first-order chi connectivity index (χ1) is 9.29. The number of hydrogen-bond acceptors (Lipinski definition) is 1. The zero-order valence-corrected chi connectivity index (χ0v) is 9.91. The first kappa shape index (κ1) is 14.0. The SMILES string of the molecule is O=C(O)c1ccc(-c2cccc(C(F)(F)F)c2)cc1F. The fraction of sp³-hybridized carbons (Fsp3) is 0.0714. The van der Waals surface area contributed by atoms with E-state index in [4.69, 9.17) is 5.11 Å². The summed E-state index contributed by atoms with van der Waals surface area (Å²) in [6, 6.07) is 7.58. The van der Waals surface area contributed by atoms with E-state index in [0.717, 1.165) is 24.3 Å². The second kappa shape index (κ2) is 4.96. The zero-order chi connectivity index (χ0) is 14.9. The lowest BCUT2D eigenvalue weighted by molar-refractivity contribution is -0.137. The Bertz CT molecular complexity index is 662. The topological polar surface area (TPSA) is 37.3 Å². The Hall–Kier alpha value is -2.37. The second-order valence-corrected chi connectivity index (χ2v) is 4.08. The molecule has 0 aliphatic heterocycles. The number of benzene rings is 2. The van der Waals surface area contributed by atoms with E-state index in [9.17, 15) is 22.4 Å². The summed E-state index contributed by atoms with van der Waals surface area (Å²) >= 11 is 0. The second-order valence-electron chi connectivity index (χ2n) is 4.08. The van der Waals surface area contributed by atoms with Crippen LogP contribution in [0.4, 0.5) is 17.6 Å². The summed E-state index contributed by atoms with van der Waals surface area (Å²) in [6.07, 6.45) is -4.49. The van der Waals surface area contributed by atoms with Crippen LogP contribution in [-0.4, -0.2) is 11.1 Å². The highest BCUT2D eigenvalue weighted by Crippen LogP contribution is 2.32. The average molecular weight is 284 g/mol. The molecule has 0 bridgehead atoms. The molecule has 2 aromatic carbocycles. The number of alkyl halides is 3. The van der Waals surface area contributed by atoms with E-state index in [1.54, 1.807) is 0 Å². The fourth-order valence-corrected chi connectivity index (χ4v) is 1.74. The Balaban J connectivity index is 2.47. The van der Waals surface area contributed by atoms with Crippen LogP contribution in [0, 0.1) is 5.82 Å². The molecule has 0 amide bonds. The summed E-state index contributed by atoms with van der Waals surface area (Å²) in [5, 5.41) is 8.69. The highest BCUT2D eigenvalue weighted by Gasteiger charge is 2.30. The minimum absolute atomic E-state index is 0.163. The van der Waals surface area contributed by atoms with Gasteiger partial charge >= 0.3 is 12.1 Å². The largest absolute Gasteiger partial charge is 0.478 e. The van der Waals surface area contributed by atoms with Crippen molar-refractivity contribution in [3.8, 4) is 11.1 Å². The van der Waals surface area contributed by atoms with Crippen molar-refractivity contribution in [3.05, 3.63) is 59.4 Å². The van der Waals surface area contributed by atoms with Gasteiger partial charge in [-0.15, -0.1) is 0 Å². The maximum Gasteiger partial charge on any atom is 0.416 e. The third kappa shape index (κ3) is 2.79. The van der Waals surface area contributed by atoms with Gasteiger partial charge in [-0.05, 0) is 35.4 Å². The number of rotatable bonds is 2. The molecule has 0 fully saturated rings. The van der Waals surface area contributed by atoms with E-state index >= 15 is 0 Å². The van der Waals surface area contributed by atoms with Gasteiger partial charge in [0.25, 0.3) is 0 Å². The summed E-state index contributed by atoms with van der Waals surface area (Å²) in [6.45, 7) is 0. The Kier molecular flexibility index (Phi) is 3.48. The number of halogens is 4. The van der Waals surface area contributed by atoms with E-state index < -0.39 is 29.1 Å². The molecule has 1 N–H and O–H groups in total. The van der Waals surface area contributed by atoms with Crippen LogP contribution in [0.3, 0.4) is 0 Å². The molecule has 0 saturated heterocycles. The van der Waals surface area contributed by atoms with Gasteiger partial charge in [0, 0.05) is 0 Å². The molecule has 0 atom stereocenters. The Morgan fingerprint density at radius 2 is 1.65 bits per heavy atom. The Morgan fingerprint density at radius 1 is 1.00 bits per heavy atom. The summed E-state index contributed by atoms with van der Waals surface area (Å²) < 4.78 is 51.3. The molecular weight excluding hydrogens is 276 g/mol. The van der Waals surface area contributed by atoms with Crippen LogP contribution in [0.25, 0.3) is 11.1 Å². The molecule has 6 heteroatoms. The van der Waals surface area contributed by atoms with Crippen molar-refractivity contribution in [2.24, 2.45) is 0 Å². The molecule has 0 saturated carbocycles. The lowest BCUT2D eigenvalue weighted by Crippen LogP contribution is -2.04. The van der Waals surface area contributed by atoms with Crippen LogP contribution in [0.1, 0.15) is 15.9 Å². The van der Waals surface area contributed by atoms with Gasteiger partial charge in [0.15, 0.2) is 0 Å². The monoisotopic (exact) mass is 284 g/mol. The molecule has 2 nitrogen and oxygen atoms in total. The minimum atomic E-state index is -4.49. The van der Waals surface area contributed by atoms with Gasteiger partial charge in [-0.1, -0.05) is 18.2 Å². The first-order valence-electron chi connectivity index (χ1n) is 5.49. The third-order valence-corrected chi connectivity index (χ3v) is 2.72. The van der Waals surface area contributed by atoms with E-state index in [1.807, 2.05) is 0 Å². The molecule has 0 aliphatic rings. The lowest BCUT2D eigenvalue weighted by atomic mass is 10.0. The van der Waals surface area contributed by atoms with Gasteiger partial charge < -0.3 is 5.11 Å². The number of carboxylic acids is 1. The van der Waals surface area contributed by atoms with E-state index in [2.05, 4.69) is 0 Å². The fourth-order valence-electron chi connectivity index (χ4n) is 1.74. The smallest absolute Gasteiger partial charge is 0.416 e. The maximum atomic E-state index is 13.5. The van der Waals surface area contributed by atoms with E-state index in [1.165, 1.54) is 18.2 Å². The van der Waals surface area contributed by atoms with E-state index in [0.29, 0.717) is 0 Å². The predicted octanol–water partition coefficient (Wildman–Crippen LogP) is 4.21. The van der Waals surface area contributed by atoms with Crippen molar-refractivity contribution in [3.63, 3.8) is 0 Å². The lowest BCUT2D eigenvalue weighted by Gasteiger charge is -2.09. The van der Waals surface area contributed by atoms with Gasteiger partial charge in [-0.25, -0.2) is 9.18 Å². The van der Waals surface area contributed by atoms with Gasteiger partial charge in [-0.3, -0.25) is 0 Å². The molecule has 0 aliphatic carbocycles. The van der Waals surface area contributed by atoms with E-state index in [-0.39, 0.29) is 11.1 Å². The van der Waals surface area contributed by atoms with Crippen LogP contribution < -0.4 is 0 Å².